The Balaban J connectivity index is 1.37. The molecule has 4 aromatic rings. The van der Waals surface area contributed by atoms with Gasteiger partial charge in [-0.2, -0.15) is 0 Å². The maximum absolute atomic E-state index is 12.6. The smallest absolute Gasteiger partial charge is 0.293 e. The lowest BCUT2D eigenvalue weighted by Gasteiger charge is -2.04. The Kier molecular flexibility index (Phi) is 6.98. The fourth-order valence-electron chi connectivity index (χ4n) is 3.01. The summed E-state index contributed by atoms with van der Waals surface area (Å²) in [4.78, 5) is 18.1. The first-order chi connectivity index (χ1) is 15.4. The van der Waals surface area contributed by atoms with Gasteiger partial charge in [-0.15, -0.1) is 11.3 Å². The number of halogens is 2. The number of aryl methyl sites for hydroxylation is 2. The molecule has 4 rings (SSSR count). The summed E-state index contributed by atoms with van der Waals surface area (Å²) >= 11 is 11.0. The van der Waals surface area contributed by atoms with Gasteiger partial charge in [-0.3, -0.25) is 10.1 Å². The Hall–Kier alpha value is -2.61. The van der Waals surface area contributed by atoms with Crippen LogP contribution in [-0.4, -0.2) is 10.9 Å². The number of nitrogens with zero attached hydrogens (tertiary/aromatic N) is 1. The van der Waals surface area contributed by atoms with Gasteiger partial charge in [0.15, 0.2) is 10.9 Å². The third-order valence-corrected chi connectivity index (χ3v) is 7.05. The molecule has 0 aliphatic rings. The molecule has 0 saturated heterocycles. The third kappa shape index (κ3) is 5.59. The number of ether oxygens (including phenoxy) is 1. The molecule has 2 aromatic heterocycles. The Morgan fingerprint density at radius 3 is 2.69 bits per heavy atom. The van der Waals surface area contributed by atoms with Crippen LogP contribution in [0.4, 0.5) is 5.13 Å². The van der Waals surface area contributed by atoms with Gasteiger partial charge in [0, 0.05) is 15.8 Å². The highest BCUT2D eigenvalue weighted by Gasteiger charge is 2.16. The van der Waals surface area contributed by atoms with E-state index in [1.807, 2.05) is 56.3 Å². The van der Waals surface area contributed by atoms with Crippen LogP contribution in [0, 0.1) is 13.8 Å². The van der Waals surface area contributed by atoms with Crippen molar-refractivity contribution < 1.29 is 13.9 Å². The van der Waals surface area contributed by atoms with Crippen LogP contribution in [-0.2, 0) is 13.0 Å². The Bertz CT molecular complexity index is 1250. The number of carbonyl (C=O) groups is 1. The fraction of sp³-hybridized carbons (Fsp3) is 0.167. The van der Waals surface area contributed by atoms with Gasteiger partial charge in [0.25, 0.3) is 5.91 Å². The number of benzene rings is 2. The summed E-state index contributed by atoms with van der Waals surface area (Å²) in [6, 6.07) is 17.0. The number of hydrogen-bond acceptors (Lipinski definition) is 5. The molecule has 8 heteroatoms. The molecule has 0 saturated carbocycles. The van der Waals surface area contributed by atoms with Gasteiger partial charge in [0.2, 0.25) is 0 Å². The van der Waals surface area contributed by atoms with E-state index >= 15 is 0 Å². The number of nitrogens with one attached hydrogen (secondary N) is 1. The molecule has 0 fully saturated rings. The van der Waals surface area contributed by atoms with Crippen LogP contribution in [0.25, 0.3) is 0 Å². The molecule has 2 aromatic carbocycles. The quantitative estimate of drug-likeness (QED) is 0.274. The van der Waals surface area contributed by atoms with Gasteiger partial charge in [0.05, 0.1) is 10.7 Å². The average molecular weight is 532 g/mol. The largest absolute Gasteiger partial charge is 0.486 e. The van der Waals surface area contributed by atoms with Gasteiger partial charge in [0.1, 0.15) is 18.1 Å². The van der Waals surface area contributed by atoms with Crippen LogP contribution in [0.2, 0.25) is 5.02 Å². The third-order valence-electron chi connectivity index (χ3n) is 4.75. The standard InChI is InChI=1S/C24H20BrClN2O3S/c1-14-3-6-17(7-4-14)30-13-18-8-10-21(31-18)23(29)28-24-27-15(2)22(32-24)12-16-5-9-19(25)20(26)11-16/h3-11H,12-13H2,1-2H3,(H,27,28,29). The summed E-state index contributed by atoms with van der Waals surface area (Å²) in [6.07, 6.45) is 0.688. The molecule has 0 spiro atoms. The molecule has 0 aliphatic heterocycles. The first-order valence-electron chi connectivity index (χ1n) is 9.87. The SMILES string of the molecule is Cc1ccc(OCc2ccc(C(=O)Nc3nc(C)c(Cc4ccc(Br)c(Cl)c4)s3)o2)cc1. The number of amides is 1. The second kappa shape index (κ2) is 9.90. The summed E-state index contributed by atoms with van der Waals surface area (Å²) < 4.78 is 12.2. The molecule has 0 atom stereocenters. The number of rotatable bonds is 7. The van der Waals surface area contributed by atoms with E-state index in [4.69, 9.17) is 20.8 Å². The van der Waals surface area contributed by atoms with Crippen molar-refractivity contribution in [2.75, 3.05) is 5.32 Å². The number of anilines is 1. The highest BCUT2D eigenvalue weighted by Crippen LogP contribution is 2.29. The number of hydrogen-bond donors (Lipinski definition) is 1. The van der Waals surface area contributed by atoms with Gasteiger partial charge >= 0.3 is 0 Å². The first-order valence-corrected chi connectivity index (χ1v) is 11.9. The van der Waals surface area contributed by atoms with E-state index in [1.54, 1.807) is 12.1 Å². The second-order valence-corrected chi connectivity index (χ2v) is 9.62. The highest BCUT2D eigenvalue weighted by molar-refractivity contribution is 9.10. The lowest BCUT2D eigenvalue weighted by Crippen LogP contribution is -2.10. The van der Waals surface area contributed by atoms with Crippen molar-refractivity contribution in [2.24, 2.45) is 0 Å². The molecule has 0 unspecified atom stereocenters. The van der Waals surface area contributed by atoms with Gasteiger partial charge in [-0.05, 0) is 71.7 Å². The topological polar surface area (TPSA) is 64.4 Å². The number of aromatic nitrogens is 1. The van der Waals surface area contributed by atoms with Crippen molar-refractivity contribution in [2.45, 2.75) is 26.9 Å². The molecular formula is C24H20BrClN2O3S. The molecule has 0 radical (unpaired) electrons. The molecule has 0 bridgehead atoms. The number of carbonyl (C=O) groups excluding carboxylic acids is 1. The molecule has 0 aliphatic carbocycles. The van der Waals surface area contributed by atoms with Crippen LogP contribution >= 0.6 is 38.9 Å². The van der Waals surface area contributed by atoms with Crippen molar-refractivity contribution >= 4 is 49.9 Å². The van der Waals surface area contributed by atoms with Crippen LogP contribution in [0.15, 0.2) is 63.5 Å². The van der Waals surface area contributed by atoms with Crippen LogP contribution < -0.4 is 10.1 Å². The van der Waals surface area contributed by atoms with Crippen LogP contribution in [0.5, 0.6) is 5.75 Å². The number of thiazole rings is 1. The minimum Gasteiger partial charge on any atom is -0.486 e. The summed E-state index contributed by atoms with van der Waals surface area (Å²) in [5.74, 6) is 1.18. The normalized spacial score (nSPS) is 10.9. The molecule has 1 N–H and O–H groups in total. The van der Waals surface area contributed by atoms with E-state index < -0.39 is 0 Å². The van der Waals surface area contributed by atoms with Crippen molar-refractivity contribution in [1.82, 2.24) is 4.98 Å². The summed E-state index contributed by atoms with van der Waals surface area (Å²) in [5.41, 5.74) is 3.11. The molecule has 1 amide bonds. The number of furan rings is 1. The first kappa shape index (κ1) is 22.6. The van der Waals surface area contributed by atoms with Gasteiger partial charge < -0.3 is 9.15 Å². The Morgan fingerprint density at radius 2 is 1.94 bits per heavy atom. The van der Waals surface area contributed by atoms with E-state index in [0.717, 1.165) is 31.9 Å². The van der Waals surface area contributed by atoms with E-state index in [-0.39, 0.29) is 18.3 Å². The van der Waals surface area contributed by atoms with Crippen molar-refractivity contribution in [3.8, 4) is 5.75 Å². The van der Waals surface area contributed by atoms with Gasteiger partial charge in [-0.1, -0.05) is 35.4 Å². The Labute approximate surface area is 203 Å². The van der Waals surface area contributed by atoms with Crippen molar-refractivity contribution in [3.05, 3.63) is 97.3 Å². The average Bonchev–Trinajstić information content (AvgIpc) is 3.37. The zero-order valence-corrected chi connectivity index (χ0v) is 20.6. The molecule has 32 heavy (non-hydrogen) atoms. The molecule has 2 heterocycles. The Morgan fingerprint density at radius 1 is 1.16 bits per heavy atom. The van der Waals surface area contributed by atoms with E-state index in [0.29, 0.717) is 22.3 Å². The minimum absolute atomic E-state index is 0.210. The van der Waals surface area contributed by atoms with Crippen LogP contribution in [0.1, 0.15) is 38.0 Å². The maximum atomic E-state index is 12.6. The van der Waals surface area contributed by atoms with E-state index in [1.165, 1.54) is 11.3 Å². The molecular weight excluding hydrogens is 512 g/mol. The minimum atomic E-state index is -0.349. The lowest BCUT2D eigenvalue weighted by molar-refractivity contribution is 0.0992. The van der Waals surface area contributed by atoms with Crippen molar-refractivity contribution in [3.63, 3.8) is 0 Å². The zero-order valence-electron chi connectivity index (χ0n) is 17.4. The van der Waals surface area contributed by atoms with Gasteiger partial charge in [-0.25, -0.2) is 4.98 Å². The predicted molar refractivity (Wildman–Crippen MR) is 131 cm³/mol. The summed E-state index contributed by atoms with van der Waals surface area (Å²) in [6.45, 7) is 4.19. The zero-order chi connectivity index (χ0) is 22.7. The van der Waals surface area contributed by atoms with Crippen molar-refractivity contribution in [1.29, 1.82) is 0 Å². The fourth-order valence-corrected chi connectivity index (χ4v) is 4.45. The lowest BCUT2D eigenvalue weighted by atomic mass is 10.1. The van der Waals surface area contributed by atoms with E-state index in [9.17, 15) is 4.79 Å². The van der Waals surface area contributed by atoms with E-state index in [2.05, 4.69) is 26.2 Å². The monoisotopic (exact) mass is 530 g/mol. The summed E-state index contributed by atoms with van der Waals surface area (Å²) in [7, 11) is 0. The maximum Gasteiger partial charge on any atom is 0.293 e. The highest BCUT2D eigenvalue weighted by atomic mass is 79.9. The predicted octanol–water partition coefficient (Wildman–Crippen LogP) is 7.19. The molecule has 5 nitrogen and oxygen atoms in total. The molecule has 164 valence electrons. The van der Waals surface area contributed by atoms with Crippen LogP contribution in [0.3, 0.4) is 0 Å². The summed E-state index contributed by atoms with van der Waals surface area (Å²) in [5, 5.41) is 4.01. The second-order valence-electron chi connectivity index (χ2n) is 7.27.